The molecule has 0 atom stereocenters. The molecule has 0 spiro atoms. The van der Waals surface area contributed by atoms with Crippen LogP contribution in [0, 0.1) is 5.82 Å². The van der Waals surface area contributed by atoms with Gasteiger partial charge in [-0.25, -0.2) is 4.39 Å². The Labute approximate surface area is 75.4 Å². The average molecular weight is 183 g/mol. The van der Waals surface area contributed by atoms with E-state index in [2.05, 4.69) is 5.16 Å². The van der Waals surface area contributed by atoms with Crippen LogP contribution < -0.4 is 4.74 Å². The van der Waals surface area contributed by atoms with Crippen molar-refractivity contribution in [3.63, 3.8) is 0 Å². The normalized spacial score (nSPS) is 11.5. The molecule has 0 amide bonds. The van der Waals surface area contributed by atoms with Gasteiger partial charge in [-0.1, -0.05) is 5.16 Å². The second kappa shape index (κ2) is 3.89. The molecular formula is C9H10FNO2. The summed E-state index contributed by atoms with van der Waals surface area (Å²) in [5.74, 6) is 0.0931. The molecule has 13 heavy (non-hydrogen) atoms. The van der Waals surface area contributed by atoms with Crippen LogP contribution in [0.5, 0.6) is 5.75 Å². The van der Waals surface area contributed by atoms with Gasteiger partial charge in [0, 0.05) is 5.56 Å². The van der Waals surface area contributed by atoms with Crippen molar-refractivity contribution in [3.8, 4) is 5.75 Å². The van der Waals surface area contributed by atoms with Gasteiger partial charge >= 0.3 is 0 Å². The number of benzene rings is 1. The van der Waals surface area contributed by atoms with Gasteiger partial charge < -0.3 is 9.94 Å². The van der Waals surface area contributed by atoms with E-state index in [1.165, 1.54) is 25.3 Å². The molecule has 0 heterocycles. The van der Waals surface area contributed by atoms with Crippen LogP contribution in [-0.4, -0.2) is 18.0 Å². The summed E-state index contributed by atoms with van der Waals surface area (Å²) in [7, 11) is 1.47. The summed E-state index contributed by atoms with van der Waals surface area (Å²) in [6, 6.07) is 4.03. The molecule has 0 bridgehead atoms. The quantitative estimate of drug-likeness (QED) is 0.433. The van der Waals surface area contributed by atoms with Gasteiger partial charge in [0.05, 0.1) is 12.8 Å². The van der Waals surface area contributed by atoms with Crippen molar-refractivity contribution >= 4 is 5.71 Å². The molecule has 0 saturated heterocycles. The number of oxime groups is 1. The third-order valence-corrected chi connectivity index (χ3v) is 1.70. The molecular weight excluding hydrogens is 173 g/mol. The van der Waals surface area contributed by atoms with Crippen molar-refractivity contribution in [2.45, 2.75) is 6.92 Å². The molecule has 1 aromatic rings. The Morgan fingerprint density at radius 3 is 2.77 bits per heavy atom. The smallest absolute Gasteiger partial charge is 0.128 e. The van der Waals surface area contributed by atoms with Crippen molar-refractivity contribution in [2.75, 3.05) is 7.11 Å². The lowest BCUT2D eigenvalue weighted by atomic mass is 10.1. The van der Waals surface area contributed by atoms with Gasteiger partial charge in [-0.15, -0.1) is 0 Å². The number of ether oxygens (including phenoxy) is 1. The summed E-state index contributed by atoms with van der Waals surface area (Å²) in [6.45, 7) is 1.57. The molecule has 0 aromatic heterocycles. The van der Waals surface area contributed by atoms with Gasteiger partial charge in [0.25, 0.3) is 0 Å². The van der Waals surface area contributed by atoms with Crippen LogP contribution in [0.1, 0.15) is 12.5 Å². The van der Waals surface area contributed by atoms with Gasteiger partial charge in [-0.2, -0.15) is 0 Å². The van der Waals surface area contributed by atoms with Crippen LogP contribution in [0.25, 0.3) is 0 Å². The molecule has 1 aromatic carbocycles. The SMILES string of the molecule is COc1ccc(F)cc1/C(C)=N\O. The molecule has 70 valence electrons. The maximum Gasteiger partial charge on any atom is 0.128 e. The molecule has 0 saturated carbocycles. The van der Waals surface area contributed by atoms with E-state index in [1.54, 1.807) is 6.92 Å². The largest absolute Gasteiger partial charge is 0.496 e. The topological polar surface area (TPSA) is 41.8 Å². The third-order valence-electron chi connectivity index (χ3n) is 1.70. The maximum atomic E-state index is 12.8. The van der Waals surface area contributed by atoms with E-state index in [4.69, 9.17) is 9.94 Å². The fraction of sp³-hybridized carbons (Fsp3) is 0.222. The summed E-state index contributed by atoms with van der Waals surface area (Å²) in [4.78, 5) is 0. The average Bonchev–Trinajstić information content (AvgIpc) is 2.16. The third kappa shape index (κ3) is 1.96. The highest BCUT2D eigenvalue weighted by Gasteiger charge is 2.07. The summed E-state index contributed by atoms with van der Waals surface area (Å²) < 4.78 is 17.8. The number of methoxy groups -OCH3 is 1. The Morgan fingerprint density at radius 1 is 1.54 bits per heavy atom. The van der Waals surface area contributed by atoms with E-state index in [0.29, 0.717) is 17.0 Å². The Hall–Kier alpha value is -1.58. The van der Waals surface area contributed by atoms with Crippen molar-refractivity contribution < 1.29 is 14.3 Å². The lowest BCUT2D eigenvalue weighted by Crippen LogP contribution is -1.99. The summed E-state index contributed by atoms with van der Waals surface area (Å²) >= 11 is 0. The molecule has 0 aliphatic rings. The Kier molecular flexibility index (Phi) is 2.84. The zero-order valence-electron chi connectivity index (χ0n) is 7.41. The first-order valence-corrected chi connectivity index (χ1v) is 3.71. The number of rotatable bonds is 2. The van der Waals surface area contributed by atoms with Crippen LogP contribution in [0.4, 0.5) is 4.39 Å². The first-order chi connectivity index (χ1) is 6.19. The zero-order chi connectivity index (χ0) is 9.84. The van der Waals surface area contributed by atoms with Crippen molar-refractivity contribution in [1.82, 2.24) is 0 Å². The van der Waals surface area contributed by atoms with Crippen molar-refractivity contribution in [2.24, 2.45) is 5.16 Å². The van der Waals surface area contributed by atoms with Crippen LogP contribution in [0.3, 0.4) is 0 Å². The van der Waals surface area contributed by atoms with Crippen LogP contribution in [-0.2, 0) is 0 Å². The molecule has 0 fully saturated rings. The summed E-state index contributed by atoms with van der Waals surface area (Å²) in [5.41, 5.74) is 0.765. The predicted octanol–water partition coefficient (Wildman–Crippen LogP) is 2.03. The Bertz CT molecular complexity index is 336. The fourth-order valence-corrected chi connectivity index (χ4v) is 1.02. The molecule has 3 nitrogen and oxygen atoms in total. The molecule has 4 heteroatoms. The lowest BCUT2D eigenvalue weighted by Gasteiger charge is -2.06. The molecule has 0 aliphatic carbocycles. The Balaban J connectivity index is 3.23. The molecule has 0 unspecified atom stereocenters. The molecule has 0 radical (unpaired) electrons. The number of hydrogen-bond donors (Lipinski definition) is 1. The van der Waals surface area contributed by atoms with E-state index in [-0.39, 0.29) is 5.82 Å². The summed E-state index contributed by atoms with van der Waals surface area (Å²) in [5, 5.41) is 11.5. The number of hydrogen-bond acceptors (Lipinski definition) is 3. The maximum absolute atomic E-state index is 12.8. The highest BCUT2D eigenvalue weighted by Crippen LogP contribution is 2.19. The van der Waals surface area contributed by atoms with Gasteiger partial charge in [-0.3, -0.25) is 0 Å². The monoisotopic (exact) mass is 183 g/mol. The minimum Gasteiger partial charge on any atom is -0.496 e. The fourth-order valence-electron chi connectivity index (χ4n) is 1.02. The number of nitrogens with zero attached hydrogens (tertiary/aromatic N) is 1. The molecule has 0 aliphatic heterocycles. The van der Waals surface area contributed by atoms with Crippen LogP contribution >= 0.6 is 0 Å². The van der Waals surface area contributed by atoms with E-state index >= 15 is 0 Å². The zero-order valence-corrected chi connectivity index (χ0v) is 7.41. The lowest BCUT2D eigenvalue weighted by molar-refractivity contribution is 0.318. The highest BCUT2D eigenvalue weighted by atomic mass is 19.1. The predicted molar refractivity (Wildman–Crippen MR) is 46.9 cm³/mol. The number of halogens is 1. The molecule has 1 rings (SSSR count). The van der Waals surface area contributed by atoms with E-state index < -0.39 is 0 Å². The second-order valence-electron chi connectivity index (χ2n) is 2.53. The summed E-state index contributed by atoms with van der Waals surface area (Å²) in [6.07, 6.45) is 0. The van der Waals surface area contributed by atoms with Crippen LogP contribution in [0.2, 0.25) is 0 Å². The second-order valence-corrected chi connectivity index (χ2v) is 2.53. The minimum absolute atomic E-state index is 0.316. The van der Waals surface area contributed by atoms with Gasteiger partial charge in [-0.05, 0) is 25.1 Å². The van der Waals surface area contributed by atoms with E-state index in [9.17, 15) is 4.39 Å². The van der Waals surface area contributed by atoms with Crippen LogP contribution in [0.15, 0.2) is 23.4 Å². The minimum atomic E-state index is -0.390. The Morgan fingerprint density at radius 2 is 2.23 bits per heavy atom. The van der Waals surface area contributed by atoms with Crippen molar-refractivity contribution in [1.29, 1.82) is 0 Å². The first kappa shape index (κ1) is 9.51. The van der Waals surface area contributed by atoms with E-state index in [1.807, 2.05) is 0 Å². The molecule has 1 N–H and O–H groups in total. The first-order valence-electron chi connectivity index (χ1n) is 3.71. The standard InChI is InChI=1S/C9H10FNO2/c1-6(11-12)8-5-7(10)3-4-9(8)13-2/h3-5,12H,1-2H3/b11-6-. The van der Waals surface area contributed by atoms with Gasteiger partial charge in [0.15, 0.2) is 0 Å². The van der Waals surface area contributed by atoms with Crippen molar-refractivity contribution in [3.05, 3.63) is 29.6 Å². The van der Waals surface area contributed by atoms with Gasteiger partial charge in [0.1, 0.15) is 11.6 Å². The van der Waals surface area contributed by atoms with E-state index in [0.717, 1.165) is 0 Å². The highest BCUT2D eigenvalue weighted by molar-refractivity contribution is 6.00. The van der Waals surface area contributed by atoms with Gasteiger partial charge in [0.2, 0.25) is 0 Å².